The molecular formula is C24H33N3O3S. The lowest BCUT2D eigenvalue weighted by atomic mass is 9.94. The van der Waals surface area contributed by atoms with Crippen LogP contribution in [0.2, 0.25) is 0 Å². The third-order valence-corrected chi connectivity index (χ3v) is 7.55. The van der Waals surface area contributed by atoms with Gasteiger partial charge in [0.1, 0.15) is 0 Å². The molecule has 3 rings (SSSR count). The summed E-state index contributed by atoms with van der Waals surface area (Å²) in [6.07, 6.45) is 3.26. The fraction of sp³-hybridized carbons (Fsp3) is 0.458. The predicted molar refractivity (Wildman–Crippen MR) is 125 cm³/mol. The summed E-state index contributed by atoms with van der Waals surface area (Å²) < 4.78 is 28.7. The van der Waals surface area contributed by atoms with Gasteiger partial charge in [0.15, 0.2) is 0 Å². The van der Waals surface area contributed by atoms with Gasteiger partial charge < -0.3 is 10.2 Å². The molecule has 168 valence electrons. The number of nitrogens with zero attached hydrogens (tertiary/aromatic N) is 1. The van der Waals surface area contributed by atoms with E-state index in [1.54, 1.807) is 25.1 Å². The molecule has 0 spiro atoms. The normalized spacial score (nSPS) is 15.6. The maximum atomic E-state index is 13.0. The maximum Gasteiger partial charge on any atom is 0.262 e. The summed E-state index contributed by atoms with van der Waals surface area (Å²) in [6, 6.07) is 10.4. The van der Waals surface area contributed by atoms with E-state index in [4.69, 9.17) is 0 Å². The van der Waals surface area contributed by atoms with E-state index in [0.29, 0.717) is 29.3 Å². The first-order chi connectivity index (χ1) is 14.7. The van der Waals surface area contributed by atoms with E-state index in [2.05, 4.69) is 22.0 Å². The minimum atomic E-state index is -3.81. The molecule has 6 nitrogen and oxygen atoms in total. The third-order valence-electron chi connectivity index (χ3n) is 6.04. The van der Waals surface area contributed by atoms with E-state index in [0.717, 1.165) is 43.5 Å². The zero-order chi connectivity index (χ0) is 22.6. The van der Waals surface area contributed by atoms with E-state index < -0.39 is 10.0 Å². The van der Waals surface area contributed by atoms with E-state index in [-0.39, 0.29) is 10.8 Å². The van der Waals surface area contributed by atoms with Gasteiger partial charge in [-0.1, -0.05) is 23.8 Å². The summed E-state index contributed by atoms with van der Waals surface area (Å²) >= 11 is 0. The van der Waals surface area contributed by atoms with Gasteiger partial charge in [-0.25, -0.2) is 8.42 Å². The first-order valence-corrected chi connectivity index (χ1v) is 12.3. The predicted octanol–water partition coefficient (Wildman–Crippen LogP) is 3.87. The molecule has 1 aliphatic rings. The molecule has 2 N–H and O–H groups in total. The fourth-order valence-electron chi connectivity index (χ4n) is 4.00. The number of benzene rings is 2. The Morgan fingerprint density at radius 3 is 2.42 bits per heavy atom. The Morgan fingerprint density at radius 2 is 1.74 bits per heavy atom. The van der Waals surface area contributed by atoms with E-state index in [9.17, 15) is 13.2 Å². The van der Waals surface area contributed by atoms with Crippen molar-refractivity contribution < 1.29 is 13.2 Å². The molecule has 0 saturated carbocycles. The zero-order valence-electron chi connectivity index (χ0n) is 18.9. The number of nitrogens with one attached hydrogen (secondary N) is 2. The number of sulfonamides is 1. The van der Waals surface area contributed by atoms with E-state index >= 15 is 0 Å². The average molecular weight is 444 g/mol. The lowest BCUT2D eigenvalue weighted by Crippen LogP contribution is -2.32. The molecule has 1 amide bonds. The largest absolute Gasteiger partial charge is 0.352 e. The second kappa shape index (κ2) is 9.83. The van der Waals surface area contributed by atoms with Crippen LogP contribution >= 0.6 is 0 Å². The highest BCUT2D eigenvalue weighted by Crippen LogP contribution is 2.24. The number of carbonyl (C=O) groups is 1. The number of rotatable bonds is 7. The van der Waals surface area contributed by atoms with Crippen molar-refractivity contribution >= 4 is 21.6 Å². The number of hydrogen-bond acceptors (Lipinski definition) is 4. The van der Waals surface area contributed by atoms with Gasteiger partial charge in [-0.2, -0.15) is 0 Å². The number of aryl methyl sites for hydroxylation is 3. The molecule has 0 atom stereocenters. The van der Waals surface area contributed by atoms with Crippen molar-refractivity contribution in [2.45, 2.75) is 44.9 Å². The summed E-state index contributed by atoms with van der Waals surface area (Å²) in [4.78, 5) is 15.1. The second-order valence-corrected chi connectivity index (χ2v) is 10.3. The van der Waals surface area contributed by atoms with Gasteiger partial charge in [0.25, 0.3) is 15.9 Å². The summed E-state index contributed by atoms with van der Waals surface area (Å²) in [5, 5.41) is 2.95. The van der Waals surface area contributed by atoms with Gasteiger partial charge in [0.2, 0.25) is 0 Å². The summed E-state index contributed by atoms with van der Waals surface area (Å²) in [5.74, 6) is 0.392. The Labute approximate surface area is 186 Å². The summed E-state index contributed by atoms with van der Waals surface area (Å²) in [7, 11) is -1.68. The highest BCUT2D eigenvalue weighted by molar-refractivity contribution is 7.92. The molecule has 0 aromatic heterocycles. The molecule has 0 unspecified atom stereocenters. The monoisotopic (exact) mass is 443 g/mol. The third kappa shape index (κ3) is 6.08. The van der Waals surface area contributed by atoms with Gasteiger partial charge in [-0.15, -0.1) is 0 Å². The highest BCUT2D eigenvalue weighted by atomic mass is 32.2. The van der Waals surface area contributed by atoms with Crippen LogP contribution in [0.25, 0.3) is 0 Å². The standard InChI is InChI=1S/C24H33N3O3S/c1-17-5-8-22(19(3)15-17)26-31(29,30)23-16-21(7-6-18(23)2)24(28)25-12-9-20-10-13-27(4)14-11-20/h5-8,15-16,20,26H,9-14H2,1-4H3,(H,25,28). The van der Waals surface area contributed by atoms with Crippen molar-refractivity contribution in [1.29, 1.82) is 0 Å². The van der Waals surface area contributed by atoms with E-state index in [1.165, 1.54) is 6.07 Å². The number of amides is 1. The molecular weight excluding hydrogens is 410 g/mol. The number of anilines is 1. The molecule has 0 bridgehead atoms. The summed E-state index contributed by atoms with van der Waals surface area (Å²) in [5.41, 5.74) is 3.41. The van der Waals surface area contributed by atoms with Gasteiger partial charge in [0.05, 0.1) is 10.6 Å². The zero-order valence-corrected chi connectivity index (χ0v) is 19.7. The van der Waals surface area contributed by atoms with Crippen LogP contribution in [0.5, 0.6) is 0 Å². The highest BCUT2D eigenvalue weighted by Gasteiger charge is 2.21. The molecule has 2 aromatic rings. The van der Waals surface area contributed by atoms with Crippen molar-refractivity contribution in [3.05, 3.63) is 58.7 Å². The molecule has 0 aliphatic carbocycles. The molecule has 2 aromatic carbocycles. The number of likely N-dealkylation sites (tertiary alicyclic amines) is 1. The molecule has 1 heterocycles. The van der Waals surface area contributed by atoms with Gasteiger partial charge in [-0.05, 0) is 95.4 Å². The Morgan fingerprint density at radius 1 is 1.03 bits per heavy atom. The summed E-state index contributed by atoms with van der Waals surface area (Å²) in [6.45, 7) is 8.37. The SMILES string of the molecule is Cc1ccc(NS(=O)(=O)c2cc(C(=O)NCCC3CCN(C)CC3)ccc2C)c(C)c1. The Hall–Kier alpha value is -2.38. The van der Waals surface area contributed by atoms with Crippen LogP contribution in [-0.4, -0.2) is 45.9 Å². The molecule has 1 fully saturated rings. The van der Waals surface area contributed by atoms with Crippen molar-refractivity contribution in [2.75, 3.05) is 31.4 Å². The minimum Gasteiger partial charge on any atom is -0.352 e. The molecule has 1 aliphatic heterocycles. The number of carbonyl (C=O) groups excluding carboxylic acids is 1. The van der Waals surface area contributed by atoms with Crippen LogP contribution < -0.4 is 10.0 Å². The van der Waals surface area contributed by atoms with Gasteiger partial charge in [0, 0.05) is 12.1 Å². The lowest BCUT2D eigenvalue weighted by molar-refractivity contribution is 0.0948. The van der Waals surface area contributed by atoms with Crippen molar-refractivity contribution in [2.24, 2.45) is 5.92 Å². The van der Waals surface area contributed by atoms with Crippen LogP contribution in [0, 0.1) is 26.7 Å². The van der Waals surface area contributed by atoms with Crippen molar-refractivity contribution in [1.82, 2.24) is 10.2 Å². The first-order valence-electron chi connectivity index (χ1n) is 10.8. The maximum absolute atomic E-state index is 13.0. The quantitative estimate of drug-likeness (QED) is 0.681. The fourth-order valence-corrected chi connectivity index (χ4v) is 5.40. The van der Waals surface area contributed by atoms with Gasteiger partial charge in [-0.3, -0.25) is 9.52 Å². The Bertz CT molecular complexity index is 1040. The van der Waals surface area contributed by atoms with Gasteiger partial charge >= 0.3 is 0 Å². The average Bonchev–Trinajstić information content (AvgIpc) is 2.71. The Kier molecular flexibility index (Phi) is 7.38. The van der Waals surface area contributed by atoms with Crippen molar-refractivity contribution in [3.63, 3.8) is 0 Å². The number of hydrogen-bond donors (Lipinski definition) is 2. The minimum absolute atomic E-state index is 0.121. The van der Waals surface area contributed by atoms with Crippen LogP contribution in [0.3, 0.4) is 0 Å². The molecule has 7 heteroatoms. The first kappa shape index (κ1) is 23.3. The smallest absolute Gasteiger partial charge is 0.262 e. The van der Waals surface area contributed by atoms with Crippen LogP contribution in [0.15, 0.2) is 41.3 Å². The van der Waals surface area contributed by atoms with E-state index in [1.807, 2.05) is 26.0 Å². The second-order valence-electron chi connectivity index (χ2n) is 8.70. The van der Waals surface area contributed by atoms with Crippen LogP contribution in [0.1, 0.15) is 46.3 Å². The van der Waals surface area contributed by atoms with Crippen LogP contribution in [-0.2, 0) is 10.0 Å². The molecule has 1 saturated heterocycles. The molecule has 0 radical (unpaired) electrons. The lowest BCUT2D eigenvalue weighted by Gasteiger charge is -2.28. The topological polar surface area (TPSA) is 78.5 Å². The van der Waals surface area contributed by atoms with Crippen molar-refractivity contribution in [3.8, 4) is 0 Å². The van der Waals surface area contributed by atoms with Crippen LogP contribution in [0.4, 0.5) is 5.69 Å². The Balaban J connectivity index is 1.68. The molecule has 31 heavy (non-hydrogen) atoms. The number of piperidine rings is 1.